The zero-order valence-corrected chi connectivity index (χ0v) is 14.7. The number of nitrogens with one attached hydrogen (secondary N) is 1. The number of thioether (sulfide) groups is 1. The molecule has 2 aromatic rings. The lowest BCUT2D eigenvalue weighted by molar-refractivity contribution is -0.113. The van der Waals surface area contributed by atoms with Gasteiger partial charge in [0.1, 0.15) is 17.3 Å². The highest BCUT2D eigenvalue weighted by Gasteiger charge is 2.29. The Kier molecular flexibility index (Phi) is 4.94. The number of carbonyl (C=O) groups is 1. The summed E-state index contributed by atoms with van der Waals surface area (Å²) in [6.07, 6.45) is 2.35. The van der Waals surface area contributed by atoms with Crippen molar-refractivity contribution in [3.8, 4) is 11.5 Å². The summed E-state index contributed by atoms with van der Waals surface area (Å²) in [6, 6.07) is 5.26. The van der Waals surface area contributed by atoms with Crippen molar-refractivity contribution in [1.29, 1.82) is 0 Å². The van der Waals surface area contributed by atoms with Crippen LogP contribution in [0, 0.1) is 0 Å². The molecule has 1 amide bonds. The Morgan fingerprint density at radius 1 is 1.33 bits per heavy atom. The van der Waals surface area contributed by atoms with Gasteiger partial charge in [-0.2, -0.15) is 0 Å². The van der Waals surface area contributed by atoms with Gasteiger partial charge in [-0.25, -0.2) is 0 Å². The van der Waals surface area contributed by atoms with Gasteiger partial charge < -0.3 is 19.4 Å². The van der Waals surface area contributed by atoms with E-state index in [1.54, 1.807) is 32.4 Å². The van der Waals surface area contributed by atoms with Crippen LogP contribution in [0.2, 0.25) is 0 Å². The maximum absolute atomic E-state index is 12.2. The quantitative estimate of drug-likeness (QED) is 0.775. The SMILES string of the molecule is COc1ccc(NC(=O)CSc2nnc(C3CC3)n2C)c(OC)c1. The molecule has 1 aliphatic carbocycles. The highest BCUT2D eigenvalue weighted by molar-refractivity contribution is 7.99. The summed E-state index contributed by atoms with van der Waals surface area (Å²) in [5.41, 5.74) is 0.612. The van der Waals surface area contributed by atoms with Crippen LogP contribution in [0.5, 0.6) is 11.5 Å². The molecular formula is C16H20N4O3S. The number of methoxy groups -OCH3 is 2. The first-order valence-corrected chi connectivity index (χ1v) is 8.65. The Bertz CT molecular complexity index is 743. The average molecular weight is 348 g/mol. The van der Waals surface area contributed by atoms with Crippen LogP contribution in [0.25, 0.3) is 0 Å². The van der Waals surface area contributed by atoms with E-state index in [0.717, 1.165) is 11.0 Å². The van der Waals surface area contributed by atoms with E-state index in [0.29, 0.717) is 23.1 Å². The van der Waals surface area contributed by atoms with E-state index in [9.17, 15) is 4.79 Å². The van der Waals surface area contributed by atoms with E-state index < -0.39 is 0 Å². The molecule has 0 aliphatic heterocycles. The molecule has 1 heterocycles. The molecule has 8 heteroatoms. The van der Waals surface area contributed by atoms with Gasteiger partial charge in [0.15, 0.2) is 5.16 Å². The topological polar surface area (TPSA) is 78.3 Å². The highest BCUT2D eigenvalue weighted by atomic mass is 32.2. The fraction of sp³-hybridized carbons (Fsp3) is 0.438. The molecule has 0 spiro atoms. The van der Waals surface area contributed by atoms with Gasteiger partial charge in [0.25, 0.3) is 0 Å². The predicted molar refractivity (Wildman–Crippen MR) is 91.9 cm³/mol. The third kappa shape index (κ3) is 3.64. The van der Waals surface area contributed by atoms with Crippen molar-refractivity contribution in [3.05, 3.63) is 24.0 Å². The zero-order chi connectivity index (χ0) is 17.1. The molecule has 1 N–H and O–H groups in total. The third-order valence-electron chi connectivity index (χ3n) is 3.83. The largest absolute Gasteiger partial charge is 0.497 e. The molecule has 1 saturated carbocycles. The van der Waals surface area contributed by atoms with E-state index in [1.807, 2.05) is 11.6 Å². The van der Waals surface area contributed by atoms with E-state index >= 15 is 0 Å². The van der Waals surface area contributed by atoms with Gasteiger partial charge in [0.05, 0.1) is 25.7 Å². The normalized spacial score (nSPS) is 13.6. The second kappa shape index (κ2) is 7.12. The number of nitrogens with zero attached hydrogens (tertiary/aromatic N) is 3. The average Bonchev–Trinajstić information content (AvgIpc) is 3.37. The molecule has 0 radical (unpaired) electrons. The van der Waals surface area contributed by atoms with Crippen LogP contribution in [-0.4, -0.2) is 40.6 Å². The summed E-state index contributed by atoms with van der Waals surface area (Å²) in [5.74, 6) is 2.91. The number of hydrogen-bond donors (Lipinski definition) is 1. The fourth-order valence-electron chi connectivity index (χ4n) is 2.37. The lowest BCUT2D eigenvalue weighted by Gasteiger charge is -2.11. The zero-order valence-electron chi connectivity index (χ0n) is 13.9. The lowest BCUT2D eigenvalue weighted by Crippen LogP contribution is -2.15. The van der Waals surface area contributed by atoms with Crippen molar-refractivity contribution < 1.29 is 14.3 Å². The van der Waals surface area contributed by atoms with Gasteiger partial charge >= 0.3 is 0 Å². The molecule has 0 saturated heterocycles. The molecule has 1 aromatic carbocycles. The standard InChI is InChI=1S/C16H20N4O3S/c1-20-15(10-4-5-10)18-19-16(20)24-9-14(21)17-12-7-6-11(22-2)8-13(12)23-3/h6-8,10H,4-5,9H2,1-3H3,(H,17,21). The third-order valence-corrected chi connectivity index (χ3v) is 4.85. The predicted octanol–water partition coefficient (Wildman–Crippen LogP) is 2.44. The van der Waals surface area contributed by atoms with Crippen molar-refractivity contribution >= 4 is 23.4 Å². The summed E-state index contributed by atoms with van der Waals surface area (Å²) >= 11 is 1.37. The number of anilines is 1. The Morgan fingerprint density at radius 3 is 2.79 bits per heavy atom. The molecule has 1 aromatic heterocycles. The first-order chi connectivity index (χ1) is 11.6. The van der Waals surface area contributed by atoms with E-state index in [4.69, 9.17) is 9.47 Å². The number of ether oxygens (including phenoxy) is 2. The number of rotatable bonds is 7. The van der Waals surface area contributed by atoms with Crippen LogP contribution in [0.4, 0.5) is 5.69 Å². The van der Waals surface area contributed by atoms with Gasteiger partial charge in [-0.3, -0.25) is 4.79 Å². The number of hydrogen-bond acceptors (Lipinski definition) is 6. The molecule has 24 heavy (non-hydrogen) atoms. The smallest absolute Gasteiger partial charge is 0.234 e. The molecule has 3 rings (SSSR count). The monoisotopic (exact) mass is 348 g/mol. The van der Waals surface area contributed by atoms with Gasteiger partial charge in [-0.05, 0) is 25.0 Å². The number of benzene rings is 1. The minimum Gasteiger partial charge on any atom is -0.497 e. The van der Waals surface area contributed by atoms with Crippen LogP contribution < -0.4 is 14.8 Å². The molecule has 0 unspecified atom stereocenters. The molecule has 0 bridgehead atoms. The summed E-state index contributed by atoms with van der Waals surface area (Å²) in [4.78, 5) is 12.2. The van der Waals surface area contributed by atoms with Crippen molar-refractivity contribution in [1.82, 2.24) is 14.8 Å². The van der Waals surface area contributed by atoms with Crippen LogP contribution in [0.3, 0.4) is 0 Å². The van der Waals surface area contributed by atoms with E-state index in [2.05, 4.69) is 15.5 Å². The number of carbonyl (C=O) groups excluding carboxylic acids is 1. The van der Waals surface area contributed by atoms with Gasteiger partial charge in [0, 0.05) is 19.0 Å². The Hall–Kier alpha value is -2.22. The second-order valence-corrected chi connectivity index (χ2v) is 6.52. The minimum absolute atomic E-state index is 0.126. The van der Waals surface area contributed by atoms with Gasteiger partial charge in [-0.1, -0.05) is 11.8 Å². The van der Waals surface area contributed by atoms with Crippen molar-refractivity contribution in [3.63, 3.8) is 0 Å². The van der Waals surface area contributed by atoms with Crippen molar-refractivity contribution in [2.24, 2.45) is 7.05 Å². The molecule has 7 nitrogen and oxygen atoms in total. The molecule has 128 valence electrons. The maximum Gasteiger partial charge on any atom is 0.234 e. The Balaban J connectivity index is 1.59. The Labute approximate surface area is 144 Å². The first-order valence-electron chi connectivity index (χ1n) is 7.66. The van der Waals surface area contributed by atoms with Crippen LogP contribution in [0.15, 0.2) is 23.4 Å². The molecule has 1 fully saturated rings. The first kappa shape index (κ1) is 16.6. The summed E-state index contributed by atoms with van der Waals surface area (Å²) in [7, 11) is 5.08. The van der Waals surface area contributed by atoms with Gasteiger partial charge in [-0.15, -0.1) is 10.2 Å². The summed E-state index contributed by atoms with van der Waals surface area (Å²) < 4.78 is 12.4. The van der Waals surface area contributed by atoms with Gasteiger partial charge in [0.2, 0.25) is 5.91 Å². The summed E-state index contributed by atoms with van der Waals surface area (Å²) in [5, 5.41) is 12.0. The lowest BCUT2D eigenvalue weighted by atomic mass is 10.2. The maximum atomic E-state index is 12.2. The van der Waals surface area contributed by atoms with Crippen LogP contribution in [0.1, 0.15) is 24.6 Å². The second-order valence-electron chi connectivity index (χ2n) is 5.58. The number of amides is 1. The fourth-order valence-corrected chi connectivity index (χ4v) is 3.09. The minimum atomic E-state index is -0.126. The molecule has 0 atom stereocenters. The highest BCUT2D eigenvalue weighted by Crippen LogP contribution is 2.39. The number of aromatic nitrogens is 3. The molecule has 1 aliphatic rings. The molecular weight excluding hydrogens is 328 g/mol. The Morgan fingerprint density at radius 2 is 2.12 bits per heavy atom. The van der Waals surface area contributed by atoms with Crippen molar-refractivity contribution in [2.75, 3.05) is 25.3 Å². The van der Waals surface area contributed by atoms with Crippen LogP contribution >= 0.6 is 11.8 Å². The van der Waals surface area contributed by atoms with E-state index in [-0.39, 0.29) is 11.7 Å². The van der Waals surface area contributed by atoms with Crippen LogP contribution in [-0.2, 0) is 11.8 Å². The van der Waals surface area contributed by atoms with Crippen molar-refractivity contribution in [2.45, 2.75) is 23.9 Å². The van der Waals surface area contributed by atoms with E-state index in [1.165, 1.54) is 24.6 Å². The summed E-state index contributed by atoms with van der Waals surface area (Å²) in [6.45, 7) is 0.